The van der Waals surface area contributed by atoms with Crippen LogP contribution in [-0.2, 0) is 6.61 Å². The fourth-order valence-electron chi connectivity index (χ4n) is 3.08. The van der Waals surface area contributed by atoms with E-state index in [0.717, 1.165) is 24.0 Å². The maximum absolute atomic E-state index is 12.2. The quantitative estimate of drug-likeness (QED) is 0.777. The van der Waals surface area contributed by atoms with E-state index in [1.165, 1.54) is 12.8 Å². The molecule has 1 saturated heterocycles. The first-order valence-electron chi connectivity index (χ1n) is 7.75. The molecule has 3 N–H and O–H groups in total. The number of aromatic amines is 1. The van der Waals surface area contributed by atoms with Crippen LogP contribution in [0.3, 0.4) is 0 Å². The Bertz CT molecular complexity index is 667. The van der Waals surface area contributed by atoms with Crippen molar-refractivity contribution < 1.29 is 9.90 Å². The van der Waals surface area contributed by atoms with E-state index in [0.29, 0.717) is 24.0 Å². The molecule has 0 aliphatic carbocycles. The number of carbonyl (C=O) groups excluding carboxylic acids is 1. The lowest BCUT2D eigenvalue weighted by atomic mass is 10.1. The first kappa shape index (κ1) is 15.0. The number of nitrogens with one attached hydrogen (secondary N) is 2. The average Bonchev–Trinajstić information content (AvgIpc) is 3.12. The fraction of sp³-hybridized carbons (Fsp3) is 0.500. The standard InChI is InChI=1S/C16H22N4O2/c1-20-8-2-3-12(20)6-7-17-16(22)11-4-5-13-14(9-11)19-15(10-21)18-13/h4-5,9,12,21H,2-3,6-8,10H2,1H3,(H,17,22)(H,18,19)/t12-/m1/s1. The van der Waals surface area contributed by atoms with Crippen molar-refractivity contribution >= 4 is 16.9 Å². The summed E-state index contributed by atoms with van der Waals surface area (Å²) in [6.45, 7) is 1.71. The monoisotopic (exact) mass is 302 g/mol. The van der Waals surface area contributed by atoms with Crippen LogP contribution in [0.25, 0.3) is 11.0 Å². The van der Waals surface area contributed by atoms with Crippen LogP contribution in [0, 0.1) is 0 Å². The molecule has 1 amide bonds. The van der Waals surface area contributed by atoms with Crippen molar-refractivity contribution in [1.29, 1.82) is 0 Å². The molecular weight excluding hydrogens is 280 g/mol. The van der Waals surface area contributed by atoms with Crippen LogP contribution in [0.2, 0.25) is 0 Å². The van der Waals surface area contributed by atoms with Crippen molar-refractivity contribution in [1.82, 2.24) is 20.2 Å². The summed E-state index contributed by atoms with van der Waals surface area (Å²) in [7, 11) is 2.14. The van der Waals surface area contributed by atoms with Crippen LogP contribution in [0.4, 0.5) is 0 Å². The van der Waals surface area contributed by atoms with E-state index >= 15 is 0 Å². The number of hydrogen-bond donors (Lipinski definition) is 3. The molecule has 1 aromatic carbocycles. The molecule has 0 radical (unpaired) electrons. The summed E-state index contributed by atoms with van der Waals surface area (Å²) in [6, 6.07) is 5.92. The van der Waals surface area contributed by atoms with Gasteiger partial charge in [0, 0.05) is 18.2 Å². The second-order valence-corrected chi connectivity index (χ2v) is 5.89. The summed E-state index contributed by atoms with van der Waals surface area (Å²) in [4.78, 5) is 21.8. The molecular formula is C16H22N4O2. The molecule has 1 aliphatic rings. The maximum atomic E-state index is 12.2. The molecule has 0 unspecified atom stereocenters. The molecule has 1 aromatic heterocycles. The number of amides is 1. The first-order chi connectivity index (χ1) is 10.7. The molecule has 22 heavy (non-hydrogen) atoms. The number of aliphatic hydroxyl groups excluding tert-OH is 1. The third-order valence-electron chi connectivity index (χ3n) is 4.38. The Morgan fingerprint density at radius 2 is 2.41 bits per heavy atom. The van der Waals surface area contributed by atoms with E-state index in [9.17, 15) is 4.79 Å². The van der Waals surface area contributed by atoms with E-state index in [1.54, 1.807) is 18.2 Å². The SMILES string of the molecule is CN1CCC[C@@H]1CCNC(=O)c1ccc2nc(CO)[nH]c2c1. The largest absolute Gasteiger partial charge is 0.388 e. The third-order valence-corrected chi connectivity index (χ3v) is 4.38. The van der Waals surface area contributed by atoms with Gasteiger partial charge in [0.2, 0.25) is 0 Å². The number of imidazole rings is 1. The van der Waals surface area contributed by atoms with Gasteiger partial charge in [-0.05, 0) is 51.1 Å². The summed E-state index contributed by atoms with van der Waals surface area (Å²) in [5.74, 6) is 0.444. The predicted octanol–water partition coefficient (Wildman–Crippen LogP) is 1.27. The van der Waals surface area contributed by atoms with E-state index in [-0.39, 0.29) is 12.5 Å². The smallest absolute Gasteiger partial charge is 0.251 e. The minimum Gasteiger partial charge on any atom is -0.388 e. The number of hydrogen-bond acceptors (Lipinski definition) is 4. The molecule has 2 heterocycles. The van der Waals surface area contributed by atoms with Gasteiger partial charge in [-0.25, -0.2) is 4.98 Å². The second-order valence-electron chi connectivity index (χ2n) is 5.89. The van der Waals surface area contributed by atoms with Crippen LogP contribution in [0.15, 0.2) is 18.2 Å². The number of aliphatic hydroxyl groups is 1. The topological polar surface area (TPSA) is 81.2 Å². The molecule has 118 valence electrons. The normalized spacial score (nSPS) is 18.9. The summed E-state index contributed by atoms with van der Waals surface area (Å²) >= 11 is 0. The Hall–Kier alpha value is -1.92. The van der Waals surface area contributed by atoms with Gasteiger partial charge in [0.25, 0.3) is 5.91 Å². The van der Waals surface area contributed by atoms with Crippen molar-refractivity contribution in [2.75, 3.05) is 20.1 Å². The average molecular weight is 302 g/mol. The number of H-pyrrole nitrogens is 1. The Morgan fingerprint density at radius 3 is 3.14 bits per heavy atom. The number of aromatic nitrogens is 2. The molecule has 0 saturated carbocycles. The zero-order valence-corrected chi connectivity index (χ0v) is 12.8. The van der Waals surface area contributed by atoms with Crippen LogP contribution in [0.1, 0.15) is 35.4 Å². The number of nitrogens with zero attached hydrogens (tertiary/aromatic N) is 2. The van der Waals surface area contributed by atoms with Crippen molar-refractivity contribution in [2.24, 2.45) is 0 Å². The Morgan fingerprint density at radius 1 is 1.55 bits per heavy atom. The summed E-state index contributed by atoms with van der Waals surface area (Å²) in [5.41, 5.74) is 2.14. The van der Waals surface area contributed by atoms with Gasteiger partial charge < -0.3 is 20.3 Å². The molecule has 1 aliphatic heterocycles. The summed E-state index contributed by atoms with van der Waals surface area (Å²) in [5, 5.41) is 12.1. The lowest BCUT2D eigenvalue weighted by molar-refractivity contribution is 0.0950. The molecule has 0 bridgehead atoms. The van der Waals surface area contributed by atoms with Crippen LogP contribution < -0.4 is 5.32 Å². The highest BCUT2D eigenvalue weighted by atomic mass is 16.3. The lowest BCUT2D eigenvalue weighted by Gasteiger charge is -2.19. The van der Waals surface area contributed by atoms with Crippen LogP contribution >= 0.6 is 0 Å². The van der Waals surface area contributed by atoms with Gasteiger partial charge >= 0.3 is 0 Å². The Labute approximate surface area is 129 Å². The van der Waals surface area contributed by atoms with Gasteiger partial charge in [-0.1, -0.05) is 0 Å². The van der Waals surface area contributed by atoms with Crippen molar-refractivity contribution in [3.63, 3.8) is 0 Å². The lowest BCUT2D eigenvalue weighted by Crippen LogP contribution is -2.31. The molecule has 1 fully saturated rings. The molecule has 0 spiro atoms. The van der Waals surface area contributed by atoms with E-state index in [4.69, 9.17) is 5.11 Å². The van der Waals surface area contributed by atoms with Gasteiger partial charge in [-0.3, -0.25) is 4.79 Å². The van der Waals surface area contributed by atoms with Crippen molar-refractivity contribution in [2.45, 2.75) is 31.9 Å². The van der Waals surface area contributed by atoms with Gasteiger partial charge in [-0.2, -0.15) is 0 Å². The van der Waals surface area contributed by atoms with Gasteiger partial charge in [0.15, 0.2) is 0 Å². The van der Waals surface area contributed by atoms with Gasteiger partial charge in [0.1, 0.15) is 12.4 Å². The van der Waals surface area contributed by atoms with Crippen LogP contribution in [0.5, 0.6) is 0 Å². The number of benzene rings is 1. The predicted molar refractivity (Wildman–Crippen MR) is 84.6 cm³/mol. The van der Waals surface area contributed by atoms with Crippen LogP contribution in [-0.4, -0.2) is 52.1 Å². The summed E-state index contributed by atoms with van der Waals surface area (Å²) < 4.78 is 0. The second kappa shape index (κ2) is 6.46. The zero-order valence-electron chi connectivity index (χ0n) is 12.8. The van der Waals surface area contributed by atoms with Crippen molar-refractivity contribution in [3.05, 3.63) is 29.6 Å². The third kappa shape index (κ3) is 3.13. The van der Waals surface area contributed by atoms with Gasteiger partial charge in [-0.15, -0.1) is 0 Å². The Kier molecular flexibility index (Phi) is 4.40. The summed E-state index contributed by atoms with van der Waals surface area (Å²) in [6.07, 6.45) is 3.46. The highest BCUT2D eigenvalue weighted by Gasteiger charge is 2.20. The number of carbonyl (C=O) groups is 1. The zero-order chi connectivity index (χ0) is 15.5. The highest BCUT2D eigenvalue weighted by molar-refractivity contribution is 5.97. The van der Waals surface area contributed by atoms with Crippen molar-refractivity contribution in [3.8, 4) is 0 Å². The highest BCUT2D eigenvalue weighted by Crippen LogP contribution is 2.17. The molecule has 6 nitrogen and oxygen atoms in total. The maximum Gasteiger partial charge on any atom is 0.251 e. The molecule has 3 rings (SSSR count). The number of fused-ring (bicyclic) bond motifs is 1. The van der Waals surface area contributed by atoms with E-state index in [2.05, 4.69) is 27.2 Å². The van der Waals surface area contributed by atoms with Gasteiger partial charge in [0.05, 0.1) is 11.0 Å². The Balaban J connectivity index is 1.59. The number of rotatable bonds is 5. The molecule has 1 atom stereocenters. The minimum absolute atomic E-state index is 0.0669. The number of likely N-dealkylation sites (tertiary alicyclic amines) is 1. The first-order valence-corrected chi connectivity index (χ1v) is 7.75. The van der Waals surface area contributed by atoms with E-state index < -0.39 is 0 Å². The van der Waals surface area contributed by atoms with E-state index in [1.807, 2.05) is 0 Å². The molecule has 2 aromatic rings. The minimum atomic E-state index is -0.134. The fourth-order valence-corrected chi connectivity index (χ4v) is 3.08. The molecule has 6 heteroatoms.